The highest BCUT2D eigenvalue weighted by molar-refractivity contribution is 9.09. The molecule has 1 amide bonds. The second kappa shape index (κ2) is 6.18. The van der Waals surface area contributed by atoms with Crippen molar-refractivity contribution in [3.05, 3.63) is 27.9 Å². The number of rotatable bonds is 3. The van der Waals surface area contributed by atoms with Crippen molar-refractivity contribution in [2.45, 2.75) is 31.7 Å². The van der Waals surface area contributed by atoms with Crippen LogP contribution in [0.25, 0.3) is 0 Å². The predicted octanol–water partition coefficient (Wildman–Crippen LogP) is 2.70. The molecule has 1 atom stereocenters. The van der Waals surface area contributed by atoms with Crippen molar-refractivity contribution in [2.75, 3.05) is 11.9 Å². The SMILES string of the molecule is O=C(c1ccc([N+](=O)[O-])[nH]1)N1CCCCCC1CBr. The van der Waals surface area contributed by atoms with Crippen molar-refractivity contribution in [3.63, 3.8) is 0 Å². The number of halogens is 1. The van der Waals surface area contributed by atoms with Gasteiger partial charge in [-0.1, -0.05) is 28.8 Å². The van der Waals surface area contributed by atoms with Gasteiger partial charge in [-0.3, -0.25) is 4.79 Å². The van der Waals surface area contributed by atoms with Crippen LogP contribution < -0.4 is 0 Å². The number of amides is 1. The summed E-state index contributed by atoms with van der Waals surface area (Å²) in [5.41, 5.74) is 0.291. The molecule has 1 aromatic heterocycles. The standard InChI is InChI=1S/C12H16BrN3O3/c13-8-9-4-2-1-3-7-15(9)12(17)10-5-6-11(14-10)16(18)19/h5-6,9,14H,1-4,7-8H2. The molecule has 1 fully saturated rings. The zero-order valence-corrected chi connectivity index (χ0v) is 12.1. The third kappa shape index (κ3) is 3.15. The number of likely N-dealkylation sites (tertiary alicyclic amines) is 1. The maximum Gasteiger partial charge on any atom is 0.321 e. The third-order valence-electron chi connectivity index (χ3n) is 3.41. The van der Waals surface area contributed by atoms with Crippen molar-refractivity contribution < 1.29 is 9.72 Å². The third-order valence-corrected chi connectivity index (χ3v) is 4.16. The summed E-state index contributed by atoms with van der Waals surface area (Å²) in [7, 11) is 0. The van der Waals surface area contributed by atoms with E-state index in [4.69, 9.17) is 0 Å². The normalized spacial score (nSPS) is 20.1. The maximum atomic E-state index is 12.4. The Labute approximate surface area is 119 Å². The van der Waals surface area contributed by atoms with Crippen LogP contribution in [-0.2, 0) is 0 Å². The van der Waals surface area contributed by atoms with E-state index in [1.165, 1.54) is 12.1 Å². The number of H-pyrrole nitrogens is 1. The van der Waals surface area contributed by atoms with Crippen LogP contribution >= 0.6 is 15.9 Å². The Hall–Kier alpha value is -1.37. The zero-order valence-electron chi connectivity index (χ0n) is 10.5. The van der Waals surface area contributed by atoms with E-state index in [1.54, 1.807) is 0 Å². The van der Waals surface area contributed by atoms with Gasteiger partial charge in [0.1, 0.15) is 0 Å². The second-order valence-electron chi connectivity index (χ2n) is 4.67. The van der Waals surface area contributed by atoms with Gasteiger partial charge in [0.2, 0.25) is 0 Å². The Morgan fingerprint density at radius 1 is 1.47 bits per heavy atom. The molecular weight excluding hydrogens is 314 g/mol. The summed E-state index contributed by atoms with van der Waals surface area (Å²) in [6.07, 6.45) is 4.20. The Morgan fingerprint density at radius 3 is 2.89 bits per heavy atom. The summed E-state index contributed by atoms with van der Waals surface area (Å²) in [5.74, 6) is -0.298. The summed E-state index contributed by atoms with van der Waals surface area (Å²) in [4.78, 5) is 26.9. The molecule has 1 N–H and O–H groups in total. The number of alkyl halides is 1. The molecule has 2 rings (SSSR count). The monoisotopic (exact) mass is 329 g/mol. The molecule has 0 saturated carbocycles. The summed E-state index contributed by atoms with van der Waals surface area (Å²) in [5, 5.41) is 11.4. The molecule has 0 aliphatic carbocycles. The van der Waals surface area contributed by atoms with Gasteiger partial charge in [-0.15, -0.1) is 0 Å². The number of carbonyl (C=O) groups excluding carboxylic acids is 1. The van der Waals surface area contributed by atoms with Crippen molar-refractivity contribution in [3.8, 4) is 0 Å². The van der Waals surface area contributed by atoms with Crippen molar-refractivity contribution in [1.82, 2.24) is 9.88 Å². The molecule has 7 heteroatoms. The van der Waals surface area contributed by atoms with Crippen molar-refractivity contribution in [2.24, 2.45) is 0 Å². The van der Waals surface area contributed by atoms with Crippen LogP contribution in [0.3, 0.4) is 0 Å². The van der Waals surface area contributed by atoms with Gasteiger partial charge in [0.05, 0.1) is 0 Å². The van der Waals surface area contributed by atoms with E-state index in [1.807, 2.05) is 4.90 Å². The topological polar surface area (TPSA) is 79.2 Å². The fraction of sp³-hybridized carbons (Fsp3) is 0.583. The minimum atomic E-state index is -0.527. The average Bonchev–Trinajstić information content (AvgIpc) is 2.77. The van der Waals surface area contributed by atoms with Gasteiger partial charge >= 0.3 is 5.82 Å². The summed E-state index contributed by atoms with van der Waals surface area (Å²) in [6.45, 7) is 0.710. The first-order valence-corrected chi connectivity index (χ1v) is 7.46. The molecule has 1 aromatic rings. The van der Waals surface area contributed by atoms with Crippen molar-refractivity contribution in [1.29, 1.82) is 0 Å². The van der Waals surface area contributed by atoms with Gasteiger partial charge in [0.15, 0.2) is 5.69 Å². The van der Waals surface area contributed by atoms with E-state index in [0.29, 0.717) is 12.2 Å². The Kier molecular flexibility index (Phi) is 4.57. The van der Waals surface area contributed by atoms with Crippen molar-refractivity contribution >= 4 is 27.7 Å². The Bertz CT molecular complexity index is 475. The first kappa shape index (κ1) is 14.0. The van der Waals surface area contributed by atoms with Gasteiger partial charge in [-0.25, -0.2) is 4.98 Å². The van der Waals surface area contributed by atoms with E-state index in [2.05, 4.69) is 20.9 Å². The maximum absolute atomic E-state index is 12.4. The van der Waals surface area contributed by atoms with Gasteiger partial charge < -0.3 is 15.0 Å². The van der Waals surface area contributed by atoms with E-state index < -0.39 is 4.92 Å². The minimum Gasteiger partial charge on any atom is -0.358 e. The van der Waals surface area contributed by atoms with Crippen LogP contribution in [0.4, 0.5) is 5.82 Å². The number of aromatic amines is 1. The number of nitrogens with zero attached hydrogens (tertiary/aromatic N) is 2. The molecular formula is C12H16BrN3O3. The fourth-order valence-electron chi connectivity index (χ4n) is 2.37. The second-order valence-corrected chi connectivity index (χ2v) is 5.32. The van der Waals surface area contributed by atoms with Gasteiger partial charge in [0.25, 0.3) is 5.91 Å². The average molecular weight is 330 g/mol. The van der Waals surface area contributed by atoms with Gasteiger partial charge in [-0.05, 0) is 23.8 Å². The number of carbonyl (C=O) groups is 1. The summed E-state index contributed by atoms with van der Waals surface area (Å²) >= 11 is 3.44. The lowest BCUT2D eigenvalue weighted by molar-refractivity contribution is -0.389. The van der Waals surface area contributed by atoms with Crippen LogP contribution in [0.2, 0.25) is 0 Å². The van der Waals surface area contributed by atoms with Crippen LogP contribution in [0.1, 0.15) is 36.2 Å². The highest BCUT2D eigenvalue weighted by Gasteiger charge is 2.28. The Morgan fingerprint density at radius 2 is 2.26 bits per heavy atom. The molecule has 104 valence electrons. The van der Waals surface area contributed by atoms with Gasteiger partial charge in [-0.2, -0.15) is 0 Å². The molecule has 0 radical (unpaired) electrons. The minimum absolute atomic E-state index is 0.145. The lowest BCUT2D eigenvalue weighted by Gasteiger charge is -2.27. The van der Waals surface area contributed by atoms with Crippen LogP contribution in [0, 0.1) is 10.1 Å². The molecule has 0 spiro atoms. The van der Waals surface area contributed by atoms with Crippen LogP contribution in [0.5, 0.6) is 0 Å². The van der Waals surface area contributed by atoms with Crippen LogP contribution in [-0.4, -0.2) is 38.6 Å². The number of nitrogens with one attached hydrogen (secondary N) is 1. The van der Waals surface area contributed by atoms with E-state index in [-0.39, 0.29) is 17.8 Å². The smallest absolute Gasteiger partial charge is 0.321 e. The van der Waals surface area contributed by atoms with E-state index in [0.717, 1.165) is 31.0 Å². The number of nitro groups is 1. The molecule has 1 saturated heterocycles. The molecule has 19 heavy (non-hydrogen) atoms. The Balaban J connectivity index is 2.17. The first-order valence-electron chi connectivity index (χ1n) is 6.34. The lowest BCUT2D eigenvalue weighted by atomic mass is 10.1. The van der Waals surface area contributed by atoms with E-state index >= 15 is 0 Å². The lowest BCUT2D eigenvalue weighted by Crippen LogP contribution is -2.41. The first-order chi connectivity index (χ1) is 9.13. The zero-order chi connectivity index (χ0) is 13.8. The van der Waals surface area contributed by atoms with Crippen LogP contribution in [0.15, 0.2) is 12.1 Å². The summed E-state index contributed by atoms with van der Waals surface area (Å²) < 4.78 is 0. The molecule has 0 aromatic carbocycles. The number of hydrogen-bond donors (Lipinski definition) is 1. The van der Waals surface area contributed by atoms with E-state index in [9.17, 15) is 14.9 Å². The largest absolute Gasteiger partial charge is 0.358 e. The summed E-state index contributed by atoms with van der Waals surface area (Å²) in [6, 6.07) is 2.97. The predicted molar refractivity (Wildman–Crippen MR) is 74.5 cm³/mol. The molecule has 0 bridgehead atoms. The highest BCUT2D eigenvalue weighted by atomic mass is 79.9. The molecule has 1 aliphatic heterocycles. The molecule has 2 heterocycles. The molecule has 1 unspecified atom stereocenters. The molecule has 1 aliphatic rings. The molecule has 6 nitrogen and oxygen atoms in total. The quantitative estimate of drug-likeness (QED) is 0.526. The number of aromatic nitrogens is 1. The fourth-order valence-corrected chi connectivity index (χ4v) is 3.05. The van der Waals surface area contributed by atoms with Gasteiger partial charge in [0, 0.05) is 24.0 Å². The highest BCUT2D eigenvalue weighted by Crippen LogP contribution is 2.21. The number of hydrogen-bond acceptors (Lipinski definition) is 3.